The van der Waals surface area contributed by atoms with Gasteiger partial charge in [0, 0.05) is 10.7 Å². The number of benzene rings is 2. The zero-order valence-corrected chi connectivity index (χ0v) is 14.7. The van der Waals surface area contributed by atoms with Crippen LogP contribution in [-0.2, 0) is 17.6 Å². The number of para-hydroxylation sites is 1. The number of amides is 1. The molecule has 0 unspecified atom stereocenters. The number of halogens is 1. The fourth-order valence-corrected chi connectivity index (χ4v) is 2.65. The highest BCUT2D eigenvalue weighted by atomic mass is 35.5. The Morgan fingerprint density at radius 3 is 2.52 bits per heavy atom. The van der Waals surface area contributed by atoms with Crippen LogP contribution in [-0.4, -0.2) is 11.0 Å². The molecular weight excluding hydrogens is 328 g/mol. The van der Waals surface area contributed by atoms with Crippen molar-refractivity contribution in [1.29, 1.82) is 0 Å². The van der Waals surface area contributed by atoms with Gasteiger partial charge in [0.05, 0.1) is 6.42 Å². The number of hydrogen-bond acceptors (Lipinski definition) is 2. The molecule has 0 saturated heterocycles. The van der Waals surface area contributed by atoms with Gasteiger partial charge in [0.2, 0.25) is 5.91 Å². The van der Waals surface area contributed by atoms with E-state index in [1.54, 1.807) is 12.1 Å². The molecule has 0 aliphatic carbocycles. The first kappa shape index (κ1) is 17.4. The van der Waals surface area contributed by atoms with Crippen molar-refractivity contribution in [2.75, 3.05) is 5.32 Å². The Hall–Kier alpha value is -1.91. The van der Waals surface area contributed by atoms with Crippen LogP contribution in [0.3, 0.4) is 0 Å². The summed E-state index contributed by atoms with van der Waals surface area (Å²) in [6, 6.07) is 13.3. The van der Waals surface area contributed by atoms with Crippen molar-refractivity contribution in [1.82, 2.24) is 5.32 Å². The van der Waals surface area contributed by atoms with Crippen molar-refractivity contribution in [3.8, 4) is 0 Å². The minimum atomic E-state index is -0.156. The fourth-order valence-electron chi connectivity index (χ4n) is 2.31. The molecule has 1 amide bonds. The lowest BCUT2D eigenvalue weighted by Crippen LogP contribution is -2.35. The average molecular weight is 347 g/mol. The molecule has 2 rings (SSSR count). The minimum Gasteiger partial charge on any atom is -0.332 e. The molecule has 0 aromatic heterocycles. The van der Waals surface area contributed by atoms with Crippen LogP contribution in [0.1, 0.15) is 23.6 Å². The zero-order chi connectivity index (χ0) is 16.8. The molecule has 2 aromatic carbocycles. The van der Waals surface area contributed by atoms with Crippen LogP contribution < -0.4 is 10.6 Å². The van der Waals surface area contributed by atoms with Gasteiger partial charge in [0.25, 0.3) is 0 Å². The van der Waals surface area contributed by atoms with E-state index in [2.05, 4.69) is 17.6 Å². The van der Waals surface area contributed by atoms with Crippen molar-refractivity contribution in [2.45, 2.75) is 26.7 Å². The van der Waals surface area contributed by atoms with Gasteiger partial charge < -0.3 is 10.6 Å². The van der Waals surface area contributed by atoms with Gasteiger partial charge in [-0.05, 0) is 54.4 Å². The summed E-state index contributed by atoms with van der Waals surface area (Å²) in [5.41, 5.74) is 4.12. The molecular formula is C18H19ClN2OS. The van der Waals surface area contributed by atoms with Crippen molar-refractivity contribution in [3.05, 3.63) is 64.2 Å². The molecule has 0 bridgehead atoms. The van der Waals surface area contributed by atoms with Gasteiger partial charge in [0.1, 0.15) is 0 Å². The quantitative estimate of drug-likeness (QED) is 0.812. The van der Waals surface area contributed by atoms with Gasteiger partial charge in [-0.25, -0.2) is 0 Å². The zero-order valence-electron chi connectivity index (χ0n) is 13.2. The third-order valence-electron chi connectivity index (χ3n) is 3.51. The summed E-state index contributed by atoms with van der Waals surface area (Å²) in [5, 5.41) is 6.82. The number of carbonyl (C=O) groups is 1. The first-order chi connectivity index (χ1) is 11.0. The number of aryl methyl sites for hydroxylation is 2. The van der Waals surface area contributed by atoms with Crippen LogP contribution >= 0.6 is 23.8 Å². The molecule has 2 aromatic rings. The third-order valence-corrected chi connectivity index (χ3v) is 3.97. The Kier molecular flexibility index (Phi) is 6.13. The van der Waals surface area contributed by atoms with Crippen LogP contribution in [0.2, 0.25) is 5.02 Å². The monoisotopic (exact) mass is 346 g/mol. The molecule has 0 atom stereocenters. The van der Waals surface area contributed by atoms with E-state index < -0.39 is 0 Å². The Labute approximate surface area is 147 Å². The Morgan fingerprint density at radius 2 is 1.87 bits per heavy atom. The Morgan fingerprint density at radius 1 is 1.17 bits per heavy atom. The van der Waals surface area contributed by atoms with Crippen LogP contribution in [0.15, 0.2) is 42.5 Å². The molecule has 120 valence electrons. The number of rotatable bonds is 4. The first-order valence-corrected chi connectivity index (χ1v) is 8.22. The van der Waals surface area contributed by atoms with E-state index in [1.165, 1.54) is 5.56 Å². The van der Waals surface area contributed by atoms with Gasteiger partial charge in [-0.15, -0.1) is 0 Å². The third kappa shape index (κ3) is 5.05. The molecule has 0 spiro atoms. The number of nitrogens with one attached hydrogen (secondary N) is 2. The second kappa shape index (κ2) is 8.09. The van der Waals surface area contributed by atoms with Gasteiger partial charge >= 0.3 is 0 Å². The van der Waals surface area contributed by atoms with Crippen LogP contribution in [0, 0.1) is 6.92 Å². The highest BCUT2D eigenvalue weighted by Gasteiger charge is 2.09. The maximum atomic E-state index is 12.1. The van der Waals surface area contributed by atoms with Gasteiger partial charge in [0.15, 0.2) is 5.11 Å². The maximum absolute atomic E-state index is 12.1. The van der Waals surface area contributed by atoms with Gasteiger partial charge in [-0.2, -0.15) is 0 Å². The lowest BCUT2D eigenvalue weighted by molar-refractivity contribution is -0.119. The number of carbonyl (C=O) groups excluding carboxylic acids is 1. The summed E-state index contributed by atoms with van der Waals surface area (Å²) in [6.45, 7) is 4.10. The highest BCUT2D eigenvalue weighted by molar-refractivity contribution is 7.80. The molecule has 2 N–H and O–H groups in total. The normalized spacial score (nSPS) is 10.2. The van der Waals surface area contributed by atoms with Crippen molar-refractivity contribution in [3.63, 3.8) is 0 Å². The van der Waals surface area contributed by atoms with Gasteiger partial charge in [-0.3, -0.25) is 4.79 Å². The summed E-state index contributed by atoms with van der Waals surface area (Å²) < 4.78 is 0. The highest BCUT2D eigenvalue weighted by Crippen LogP contribution is 2.20. The average Bonchev–Trinajstić information content (AvgIpc) is 2.51. The lowest BCUT2D eigenvalue weighted by atomic mass is 10.1. The van der Waals surface area contributed by atoms with E-state index in [0.717, 1.165) is 23.2 Å². The molecule has 3 nitrogen and oxygen atoms in total. The van der Waals surface area contributed by atoms with E-state index in [1.807, 2.05) is 37.3 Å². The maximum Gasteiger partial charge on any atom is 0.230 e. The molecule has 0 aliphatic rings. The summed E-state index contributed by atoms with van der Waals surface area (Å²) in [4.78, 5) is 12.1. The summed E-state index contributed by atoms with van der Waals surface area (Å²) >= 11 is 11.1. The minimum absolute atomic E-state index is 0.156. The molecule has 5 heteroatoms. The molecule has 0 heterocycles. The topological polar surface area (TPSA) is 41.1 Å². The van der Waals surface area contributed by atoms with Crippen molar-refractivity contribution < 1.29 is 4.79 Å². The van der Waals surface area contributed by atoms with Gasteiger partial charge in [-0.1, -0.05) is 48.9 Å². The van der Waals surface area contributed by atoms with E-state index >= 15 is 0 Å². The first-order valence-electron chi connectivity index (χ1n) is 7.43. The Bertz CT molecular complexity index is 713. The molecule has 0 aliphatic heterocycles. The van der Waals surface area contributed by atoms with E-state index in [9.17, 15) is 4.79 Å². The summed E-state index contributed by atoms with van der Waals surface area (Å²) in [7, 11) is 0. The summed E-state index contributed by atoms with van der Waals surface area (Å²) in [6.07, 6.45) is 1.15. The largest absolute Gasteiger partial charge is 0.332 e. The van der Waals surface area contributed by atoms with Crippen molar-refractivity contribution >= 4 is 40.5 Å². The molecule has 0 radical (unpaired) electrons. The van der Waals surface area contributed by atoms with E-state index in [4.69, 9.17) is 23.8 Å². The van der Waals surface area contributed by atoms with Crippen LogP contribution in [0.4, 0.5) is 5.69 Å². The van der Waals surface area contributed by atoms with E-state index in [0.29, 0.717) is 10.1 Å². The predicted molar refractivity (Wildman–Crippen MR) is 100 cm³/mol. The number of hydrogen-bond donors (Lipinski definition) is 2. The Balaban J connectivity index is 1.97. The fraction of sp³-hybridized carbons (Fsp3) is 0.222. The SMILES string of the molecule is CCc1cccc(C)c1NC(=S)NC(=O)Cc1ccc(Cl)cc1. The number of thiocarbonyl (C=S) groups is 1. The molecule has 0 fully saturated rings. The lowest BCUT2D eigenvalue weighted by Gasteiger charge is -2.15. The molecule has 23 heavy (non-hydrogen) atoms. The summed E-state index contributed by atoms with van der Waals surface area (Å²) in [5.74, 6) is -0.156. The van der Waals surface area contributed by atoms with E-state index in [-0.39, 0.29) is 12.3 Å². The second-order valence-corrected chi connectivity index (χ2v) is 6.11. The van der Waals surface area contributed by atoms with Crippen molar-refractivity contribution in [2.24, 2.45) is 0 Å². The molecule has 0 saturated carbocycles. The number of anilines is 1. The smallest absolute Gasteiger partial charge is 0.230 e. The second-order valence-electron chi connectivity index (χ2n) is 5.27. The van der Waals surface area contributed by atoms with Crippen LogP contribution in [0.5, 0.6) is 0 Å². The standard InChI is InChI=1S/C18H19ClN2OS/c1-3-14-6-4-5-12(2)17(14)21-18(23)20-16(22)11-13-7-9-15(19)10-8-13/h4-10H,3,11H2,1-2H3,(H2,20,21,22,23). The predicted octanol–water partition coefficient (Wildman–Crippen LogP) is 4.27. The van der Waals surface area contributed by atoms with Crippen LogP contribution in [0.25, 0.3) is 0 Å².